The van der Waals surface area contributed by atoms with Gasteiger partial charge >= 0.3 is 177 Å². The van der Waals surface area contributed by atoms with Crippen molar-refractivity contribution in [2.75, 3.05) is 0 Å². The molecule has 0 saturated carbocycles. The molecular weight excluding hydrogens is 1860 g/mol. The molecule has 132 heavy (non-hydrogen) atoms. The number of aryl methyl sites for hydroxylation is 12. The van der Waals surface area contributed by atoms with Gasteiger partial charge in [0.25, 0.3) is 0 Å². The maximum Gasteiger partial charge on any atom is 1.00 e. The number of hydrogen-bond donors (Lipinski definition) is 4. The minimum atomic E-state index is -5.03. The molecule has 16 bridgehead atoms. The maximum atomic E-state index is 13.0. The number of nitrogens with zero attached hydrogens (tertiary/aromatic N) is 4. The number of benzene rings is 7. The van der Waals surface area contributed by atoms with Crippen molar-refractivity contribution in [3.63, 3.8) is 0 Å². The van der Waals surface area contributed by atoms with E-state index in [1.54, 1.807) is 163 Å². The fourth-order valence-electron chi connectivity index (χ4n) is 17.6. The van der Waals surface area contributed by atoms with E-state index in [9.17, 15) is 77.8 Å². The van der Waals surface area contributed by atoms with Gasteiger partial charge in [0.1, 0.15) is 60.7 Å². The summed E-state index contributed by atoms with van der Waals surface area (Å²) >= 11 is 0. The number of nitrogens with one attached hydrogen (secondary N) is 4. The molecule has 26 nitrogen and oxygen atoms in total. The largest absolute Gasteiger partial charge is 1.00 e. The van der Waals surface area contributed by atoms with E-state index in [0.29, 0.717) is 212 Å². The Bertz CT molecular complexity index is 7800. The van der Waals surface area contributed by atoms with Gasteiger partial charge in [0, 0.05) is 88.6 Å². The van der Waals surface area contributed by atoms with E-state index in [0.717, 1.165) is 0 Å². The van der Waals surface area contributed by atoms with Crippen molar-refractivity contribution >= 4 is 153 Å². The monoisotopic (exact) mass is 1930 g/mol. The van der Waals surface area contributed by atoms with E-state index in [1.165, 1.54) is 77.9 Å². The summed E-state index contributed by atoms with van der Waals surface area (Å²) in [5.74, 6) is 0. The first-order chi connectivity index (χ1) is 59.2. The smallest absolute Gasteiger partial charge is 0.744 e. The predicted octanol–water partition coefficient (Wildman–Crippen LogP) is 0.110. The fraction of sp³-hybridized carbons (Fsp3) is 0.128. The Morgan fingerprint density at radius 2 is 0.318 bits per heavy atom. The minimum Gasteiger partial charge on any atom is -0.744 e. The zero-order chi connectivity index (χ0) is 90.2. The van der Waals surface area contributed by atoms with Gasteiger partial charge in [-0.25, -0.2) is 70.4 Å². The molecule has 0 aliphatic carbocycles. The van der Waals surface area contributed by atoms with Crippen LogP contribution in [0.15, 0.2) is 175 Å². The summed E-state index contributed by atoms with van der Waals surface area (Å²) < 4.78 is 233. The molecule has 6 aromatic heterocycles. The van der Waals surface area contributed by atoms with Gasteiger partial charge < -0.3 is 47.3 Å². The zero-order valence-electron chi connectivity index (χ0n) is 75.1. The summed E-state index contributed by atoms with van der Waals surface area (Å²) in [5.41, 5.74) is 15.6. The second-order valence-corrected chi connectivity index (χ2v) is 40.0. The summed E-state index contributed by atoms with van der Waals surface area (Å²) in [6.07, 6.45) is 14.1. The molecule has 638 valence electrons. The van der Waals surface area contributed by atoms with E-state index in [4.69, 9.17) is 19.9 Å². The van der Waals surface area contributed by atoms with Crippen LogP contribution in [0.3, 0.4) is 0 Å². The molecule has 7 aromatic carbocycles. The van der Waals surface area contributed by atoms with Crippen molar-refractivity contribution < 1.29 is 255 Å². The maximum absolute atomic E-state index is 13.0. The van der Waals surface area contributed by atoms with Crippen molar-refractivity contribution in [3.8, 4) is 89.0 Å². The SMILES string of the molecule is Cc1cc(S(=O)(=O)[O-])c(C)cc1-c1c2nc(c(-c3cc(C)c(S(=O)(=O)[O-])cc3C)c3ccc([nH]3)c(-c3ccccc3-c3c4nc(c(-c5cc(C)c(S(=O)(=O)[O-])cc5C)c5ccc([nH]5)c(-c5cc(C)c(S(=O)(=O)[O-])cc5C)c5nc(c(-c6cc(C)c(S(=O)(=O)[O-])cc6C)c6ccc3[nH]6)C=C5)C=C4)c3nc(c(-c4cc(C)c(S(=O)(=O)[O-])cc4C)c4ccc1[nH]4)C=C3)C=C2.[Na+].[Na+].[Na+].[Na+].[Na+].[Na+]. The molecule has 10 heterocycles. The Morgan fingerprint density at radius 3 is 0.447 bits per heavy atom. The quantitative estimate of drug-likeness (QED) is 0.0829. The van der Waals surface area contributed by atoms with Crippen LogP contribution in [-0.2, 0) is 60.7 Å². The third-order valence-corrected chi connectivity index (χ3v) is 29.2. The Morgan fingerprint density at radius 1 is 0.189 bits per heavy atom. The number of hydrogen-bond acceptors (Lipinski definition) is 22. The number of H-pyrrole nitrogens is 4. The molecule has 4 N–H and O–H groups in total. The number of fused-ring (bicyclic) bond motifs is 16. The van der Waals surface area contributed by atoms with Crippen LogP contribution in [0, 0.1) is 83.1 Å². The van der Waals surface area contributed by atoms with Crippen LogP contribution in [0.5, 0.6) is 0 Å². The van der Waals surface area contributed by atoms with E-state index in [1.807, 2.05) is 36.4 Å². The average Bonchev–Trinajstić information content (AvgIpc) is 1.58. The number of aromatic nitrogens is 8. The van der Waals surface area contributed by atoms with Crippen molar-refractivity contribution in [2.45, 2.75) is 112 Å². The van der Waals surface area contributed by atoms with Crippen LogP contribution in [-0.4, -0.2) is 118 Å². The number of rotatable bonds is 14. The van der Waals surface area contributed by atoms with Gasteiger partial charge in [-0.2, -0.15) is 0 Å². The first-order valence-electron chi connectivity index (χ1n) is 39.1. The summed E-state index contributed by atoms with van der Waals surface area (Å²) in [6.45, 7) is 18.9. The third-order valence-electron chi connectivity index (χ3n) is 23.3. The Balaban J connectivity index is 0.00000280. The molecule has 0 atom stereocenters. The Labute approximate surface area is 895 Å². The molecule has 0 fully saturated rings. The summed E-state index contributed by atoms with van der Waals surface area (Å²) in [6, 6.07) is 39.1. The molecule has 4 aliphatic rings. The van der Waals surface area contributed by atoms with E-state index in [2.05, 4.69) is 19.9 Å². The number of aromatic amines is 4. The first kappa shape index (κ1) is 106. The van der Waals surface area contributed by atoms with E-state index in [-0.39, 0.29) is 211 Å². The van der Waals surface area contributed by atoms with E-state index >= 15 is 0 Å². The molecule has 4 aliphatic heterocycles. The molecular formula is C94H72N8Na6O18S6. The standard InChI is InChI=1S/C94H78N8O18S6.6Na/c1-45-39-81(121(103,104)105)51(7)33-59(45)89-69-21-17-65(95-69)87(66-18-22-70(96-66)90(60-34-52(8)82(40-46(60)2)122(106,107)108)74-26-30-78(100-74)93(77-29-25-73(89)99-77)63-37-55(11)85(43-49(63)5)125(115,116)117)57-15-13-14-16-58(57)88-67-19-23-71(97-67)91(61-35-53(9)83(41-47(61)3)123(109,110)111)75-27-31-79(101-75)94(64-38-56(12)86(44-50(64)6)126(118,119)120)80-32-28-76(102-80)92(72-24-20-68(88)98-72)62-36-54(10)84(42-48(62)4)124(112,113)114;;;;;;/h13-44,95,97,100,102H,1-12H3,(H,103,104,105)(H,106,107,108)(H,109,110,111)(H,112,113,114)(H,115,116,117)(H,118,119,120);;;;;;/q;6*+1/p-6. The Hall–Kier alpha value is -6.80. The van der Waals surface area contributed by atoms with Gasteiger partial charge in [-0.1, -0.05) is 24.3 Å². The van der Waals surface area contributed by atoms with E-state index < -0.39 is 90.1 Å². The molecule has 13 aromatic rings. The molecule has 0 radical (unpaired) electrons. The fourth-order valence-corrected chi connectivity index (χ4v) is 22.2. The Kier molecular flexibility index (Phi) is 31.4. The minimum absolute atomic E-state index is 0. The van der Waals surface area contributed by atoms with Gasteiger partial charge in [-0.15, -0.1) is 0 Å². The zero-order valence-corrected chi connectivity index (χ0v) is 92.0. The molecule has 38 heteroatoms. The summed E-state index contributed by atoms with van der Waals surface area (Å²) in [4.78, 5) is 34.1. The van der Waals surface area contributed by atoms with Gasteiger partial charge in [0.05, 0.1) is 74.9 Å². The molecule has 17 rings (SSSR count). The molecule has 0 saturated heterocycles. The summed E-state index contributed by atoms with van der Waals surface area (Å²) in [7, 11) is -30.1. The van der Waals surface area contributed by atoms with Crippen molar-refractivity contribution in [1.82, 2.24) is 39.9 Å². The second-order valence-electron chi connectivity index (χ2n) is 31.9. The van der Waals surface area contributed by atoms with Gasteiger partial charge in [-0.3, -0.25) is 0 Å². The normalized spacial score (nSPS) is 12.5. The first-order valence-corrected chi connectivity index (χ1v) is 47.5. The average molecular weight is 1930 g/mol. The van der Waals surface area contributed by atoms with Crippen LogP contribution in [0.2, 0.25) is 0 Å². The second kappa shape index (κ2) is 39.2. The van der Waals surface area contributed by atoms with Gasteiger partial charge in [0.15, 0.2) is 0 Å². The summed E-state index contributed by atoms with van der Waals surface area (Å²) in [5, 5.41) is 0. The van der Waals surface area contributed by atoms with Crippen LogP contribution >= 0.6 is 0 Å². The van der Waals surface area contributed by atoms with Gasteiger partial charge in [0.2, 0.25) is 0 Å². The van der Waals surface area contributed by atoms with Crippen molar-refractivity contribution in [3.05, 3.63) is 258 Å². The third kappa shape index (κ3) is 19.9. The topological polar surface area (TPSA) is 458 Å². The molecule has 0 unspecified atom stereocenters. The van der Waals surface area contributed by atoms with Crippen LogP contribution in [0.25, 0.3) is 182 Å². The predicted molar refractivity (Wildman–Crippen MR) is 479 cm³/mol. The molecule has 0 amide bonds. The van der Waals surface area contributed by atoms with Crippen LogP contribution in [0.4, 0.5) is 0 Å². The van der Waals surface area contributed by atoms with Crippen molar-refractivity contribution in [1.29, 1.82) is 0 Å². The van der Waals surface area contributed by atoms with Gasteiger partial charge in [-0.05, 0) is 364 Å². The van der Waals surface area contributed by atoms with Crippen LogP contribution in [0.1, 0.15) is 112 Å². The van der Waals surface area contributed by atoms with Crippen molar-refractivity contribution in [2.24, 2.45) is 0 Å². The molecule has 0 spiro atoms. The van der Waals surface area contributed by atoms with Crippen LogP contribution < -0.4 is 177 Å².